The molecular weight excluding hydrogens is 254 g/mol. The Balaban J connectivity index is 1.83. The van der Waals surface area contributed by atoms with Gasteiger partial charge in [0.1, 0.15) is 6.54 Å². The van der Waals surface area contributed by atoms with Crippen LogP contribution in [0, 0.1) is 11.3 Å². The third-order valence-electron chi connectivity index (χ3n) is 2.82. The van der Waals surface area contributed by atoms with Gasteiger partial charge < -0.3 is 14.6 Å². The molecule has 0 radical (unpaired) electrons. The molecule has 0 saturated carbocycles. The summed E-state index contributed by atoms with van der Waals surface area (Å²) in [6, 6.07) is 12.6. The molecule has 1 aromatic heterocycles. The van der Waals surface area contributed by atoms with Gasteiger partial charge in [-0.25, -0.2) is 0 Å². The molecule has 0 fully saturated rings. The molecule has 2 rings (SSSR count). The van der Waals surface area contributed by atoms with Gasteiger partial charge in [-0.05, 0) is 36.4 Å². The number of hydrogen-bond donors (Lipinski definition) is 2. The van der Waals surface area contributed by atoms with E-state index in [1.807, 2.05) is 25.2 Å². The van der Waals surface area contributed by atoms with E-state index in [0.717, 1.165) is 10.7 Å². The van der Waals surface area contributed by atoms with Crippen LogP contribution in [0.1, 0.15) is 11.3 Å². The van der Waals surface area contributed by atoms with Gasteiger partial charge in [0.15, 0.2) is 12.3 Å². The van der Waals surface area contributed by atoms with Crippen molar-refractivity contribution in [3.05, 3.63) is 54.0 Å². The van der Waals surface area contributed by atoms with Crippen LogP contribution in [0.3, 0.4) is 0 Å². The Labute approximate surface area is 117 Å². The molecule has 1 atom stereocenters. The summed E-state index contributed by atoms with van der Waals surface area (Å²) in [6.45, 7) is 1.01. The van der Waals surface area contributed by atoms with Gasteiger partial charge >= 0.3 is 0 Å². The van der Waals surface area contributed by atoms with Crippen molar-refractivity contribution >= 4 is 11.6 Å². The van der Waals surface area contributed by atoms with E-state index >= 15 is 0 Å². The Hall–Kier alpha value is -2.58. The van der Waals surface area contributed by atoms with Crippen molar-refractivity contribution in [2.75, 3.05) is 18.9 Å². The third kappa shape index (κ3) is 3.97. The van der Waals surface area contributed by atoms with E-state index in [-0.39, 0.29) is 5.91 Å². The summed E-state index contributed by atoms with van der Waals surface area (Å²) in [5.41, 5.74) is 1.27. The molecule has 2 N–H and O–H groups in total. The molecule has 1 heterocycles. The molecule has 5 heteroatoms. The minimum absolute atomic E-state index is 0.0706. The van der Waals surface area contributed by atoms with E-state index in [0.29, 0.717) is 24.3 Å². The lowest BCUT2D eigenvalue weighted by molar-refractivity contribution is -0.886. The van der Waals surface area contributed by atoms with Gasteiger partial charge in [-0.1, -0.05) is 0 Å². The predicted octanol–water partition coefficient (Wildman–Crippen LogP) is 0.805. The molecule has 0 bridgehead atoms. The number of nitrogens with zero attached hydrogens (tertiary/aromatic N) is 1. The summed E-state index contributed by atoms with van der Waals surface area (Å²) in [4.78, 5) is 12.9. The number of carbonyl (C=O) groups excluding carboxylic acids is 1. The highest BCUT2D eigenvalue weighted by molar-refractivity contribution is 5.91. The lowest BCUT2D eigenvalue weighted by atomic mass is 10.2. The molecule has 1 unspecified atom stereocenters. The van der Waals surface area contributed by atoms with Gasteiger partial charge in [0.05, 0.1) is 24.9 Å². The van der Waals surface area contributed by atoms with Crippen LogP contribution in [-0.4, -0.2) is 19.5 Å². The summed E-state index contributed by atoms with van der Waals surface area (Å²) >= 11 is 0. The highest BCUT2D eigenvalue weighted by Gasteiger charge is 2.12. The van der Waals surface area contributed by atoms with Gasteiger partial charge in [0.25, 0.3) is 5.91 Å². The lowest BCUT2D eigenvalue weighted by Gasteiger charge is -2.12. The number of hydrogen-bond acceptors (Lipinski definition) is 3. The fourth-order valence-electron chi connectivity index (χ4n) is 1.88. The standard InChI is InChI=1S/C15H15N3O2/c1-18(10-14-3-2-8-20-14)11-15(19)17-13-6-4-12(9-16)5-7-13/h2-8H,10-11H2,1H3,(H,17,19)/p+1. The summed E-state index contributed by atoms with van der Waals surface area (Å²) in [5.74, 6) is 0.785. The van der Waals surface area contributed by atoms with Crippen LogP contribution in [0.2, 0.25) is 0 Å². The second-order valence-corrected chi connectivity index (χ2v) is 4.63. The number of benzene rings is 1. The number of quaternary nitrogens is 1. The van der Waals surface area contributed by atoms with Gasteiger partial charge in [-0.15, -0.1) is 0 Å². The zero-order chi connectivity index (χ0) is 14.4. The minimum atomic E-state index is -0.0706. The zero-order valence-electron chi connectivity index (χ0n) is 11.2. The van der Waals surface area contributed by atoms with Crippen molar-refractivity contribution in [1.82, 2.24) is 0 Å². The number of nitrogens with one attached hydrogen (secondary N) is 2. The molecule has 5 nitrogen and oxygen atoms in total. The molecule has 2 aromatic rings. The normalized spacial score (nSPS) is 11.6. The SMILES string of the molecule is C[NH+](CC(=O)Nc1ccc(C#N)cc1)Cc1ccco1. The van der Waals surface area contributed by atoms with E-state index in [1.165, 1.54) is 0 Å². The first-order valence-corrected chi connectivity index (χ1v) is 6.31. The Kier molecular flexibility index (Phi) is 4.53. The molecule has 1 amide bonds. The van der Waals surface area contributed by atoms with E-state index < -0.39 is 0 Å². The molecule has 0 aliphatic heterocycles. The maximum Gasteiger partial charge on any atom is 0.279 e. The van der Waals surface area contributed by atoms with E-state index in [2.05, 4.69) is 5.32 Å². The highest BCUT2D eigenvalue weighted by atomic mass is 16.3. The average molecular weight is 270 g/mol. The number of likely N-dealkylation sites (N-methyl/N-ethyl adjacent to an activating group) is 1. The second kappa shape index (κ2) is 6.55. The van der Waals surface area contributed by atoms with Gasteiger partial charge in [-0.3, -0.25) is 4.79 Å². The molecule has 0 spiro atoms. The average Bonchev–Trinajstić information content (AvgIpc) is 2.92. The third-order valence-corrected chi connectivity index (χ3v) is 2.82. The molecule has 1 aromatic carbocycles. The van der Waals surface area contributed by atoms with Crippen molar-refractivity contribution in [1.29, 1.82) is 5.26 Å². The first-order chi connectivity index (χ1) is 9.67. The summed E-state index contributed by atoms with van der Waals surface area (Å²) in [6.07, 6.45) is 1.62. The van der Waals surface area contributed by atoms with E-state index in [9.17, 15) is 4.79 Å². The fraction of sp³-hybridized carbons (Fsp3) is 0.200. The molecule has 0 aliphatic rings. The Morgan fingerprint density at radius 2 is 2.10 bits per heavy atom. The number of amides is 1. The van der Waals surface area contributed by atoms with E-state index in [1.54, 1.807) is 30.5 Å². The minimum Gasteiger partial charge on any atom is -0.463 e. The molecule has 20 heavy (non-hydrogen) atoms. The van der Waals surface area contributed by atoms with Crippen LogP contribution in [0.5, 0.6) is 0 Å². The molecule has 0 aliphatic carbocycles. The summed E-state index contributed by atoms with van der Waals surface area (Å²) < 4.78 is 5.25. The van der Waals surface area contributed by atoms with E-state index in [4.69, 9.17) is 9.68 Å². The molecule has 0 saturated heterocycles. The fourth-order valence-corrected chi connectivity index (χ4v) is 1.88. The number of nitriles is 1. The van der Waals surface area contributed by atoms with Gasteiger partial charge in [0, 0.05) is 5.69 Å². The predicted molar refractivity (Wildman–Crippen MR) is 74.0 cm³/mol. The van der Waals surface area contributed by atoms with Crippen LogP contribution in [0.15, 0.2) is 47.1 Å². The topological polar surface area (TPSA) is 70.5 Å². The summed E-state index contributed by atoms with van der Waals surface area (Å²) in [7, 11) is 1.93. The monoisotopic (exact) mass is 270 g/mol. The largest absolute Gasteiger partial charge is 0.463 e. The van der Waals surface area contributed by atoms with Crippen molar-refractivity contribution in [3.63, 3.8) is 0 Å². The van der Waals surface area contributed by atoms with Crippen LogP contribution >= 0.6 is 0 Å². The number of anilines is 1. The zero-order valence-corrected chi connectivity index (χ0v) is 11.2. The number of furan rings is 1. The first-order valence-electron chi connectivity index (χ1n) is 6.31. The Morgan fingerprint density at radius 3 is 2.70 bits per heavy atom. The van der Waals surface area contributed by atoms with Crippen molar-refractivity contribution in [2.24, 2.45) is 0 Å². The Bertz CT molecular complexity index is 597. The van der Waals surface area contributed by atoms with Crippen LogP contribution < -0.4 is 10.2 Å². The van der Waals surface area contributed by atoms with Crippen LogP contribution in [0.25, 0.3) is 0 Å². The van der Waals surface area contributed by atoms with Crippen molar-refractivity contribution in [3.8, 4) is 6.07 Å². The maximum atomic E-state index is 11.9. The number of carbonyl (C=O) groups is 1. The number of rotatable bonds is 5. The second-order valence-electron chi connectivity index (χ2n) is 4.63. The van der Waals surface area contributed by atoms with Crippen molar-refractivity contribution < 1.29 is 14.1 Å². The molecular formula is C15H16N3O2+. The Morgan fingerprint density at radius 1 is 1.35 bits per heavy atom. The van der Waals surface area contributed by atoms with Gasteiger partial charge in [-0.2, -0.15) is 5.26 Å². The maximum absolute atomic E-state index is 11.9. The van der Waals surface area contributed by atoms with Crippen LogP contribution in [-0.2, 0) is 11.3 Å². The quantitative estimate of drug-likeness (QED) is 0.844. The first kappa shape index (κ1) is 13.8. The highest BCUT2D eigenvalue weighted by Crippen LogP contribution is 2.08. The smallest absolute Gasteiger partial charge is 0.279 e. The van der Waals surface area contributed by atoms with Gasteiger partial charge in [0.2, 0.25) is 0 Å². The molecule has 102 valence electrons. The van der Waals surface area contributed by atoms with Crippen LogP contribution in [0.4, 0.5) is 5.69 Å². The summed E-state index contributed by atoms with van der Waals surface area (Å²) in [5, 5.41) is 11.5. The lowest BCUT2D eigenvalue weighted by Crippen LogP contribution is -3.08. The van der Waals surface area contributed by atoms with Crippen molar-refractivity contribution in [2.45, 2.75) is 6.54 Å².